The summed E-state index contributed by atoms with van der Waals surface area (Å²) in [5, 5.41) is 121. The molecule has 19 heteroatoms. The molecule has 3 aliphatic rings. The first-order valence-corrected chi connectivity index (χ1v) is 39.2. The highest BCUT2D eigenvalue weighted by atomic mass is 16.8. The maximum atomic E-state index is 13.4. The van der Waals surface area contributed by atoms with Crippen LogP contribution in [0, 0.1) is 0 Å². The van der Waals surface area contributed by atoms with Crippen molar-refractivity contribution in [3.8, 4) is 0 Å². The van der Waals surface area contributed by atoms with Crippen molar-refractivity contribution in [1.29, 1.82) is 0 Å². The Kier molecular flexibility index (Phi) is 53.8. The molecule has 17 atom stereocenters. The van der Waals surface area contributed by atoms with Crippen LogP contribution in [0.4, 0.5) is 0 Å². The van der Waals surface area contributed by atoms with Crippen LogP contribution < -0.4 is 5.32 Å². The number of allylic oxidation sites excluding steroid dienone is 5. The number of unbranched alkanes of at least 4 members (excludes halogenated alkanes) is 42. The molecule has 3 aliphatic heterocycles. The third-order valence-corrected chi connectivity index (χ3v) is 19.7. The Hall–Kier alpha value is -1.99. The Balaban J connectivity index is 1.33. The normalized spacial score (nSPS) is 27.2. The lowest BCUT2D eigenvalue weighted by Crippen LogP contribution is -2.66. The maximum Gasteiger partial charge on any atom is 0.220 e. The first kappa shape index (κ1) is 88.2. The van der Waals surface area contributed by atoms with Gasteiger partial charge in [0.2, 0.25) is 5.91 Å². The van der Waals surface area contributed by atoms with Crippen LogP contribution in [0.25, 0.3) is 0 Å². The minimum absolute atomic E-state index is 0.236. The van der Waals surface area contributed by atoms with Gasteiger partial charge in [0.1, 0.15) is 73.2 Å². The smallest absolute Gasteiger partial charge is 0.220 e. The summed E-state index contributed by atoms with van der Waals surface area (Å²) < 4.78 is 34.4. The van der Waals surface area contributed by atoms with Crippen molar-refractivity contribution in [3.63, 3.8) is 0 Å². The van der Waals surface area contributed by atoms with Gasteiger partial charge in [-0.15, -0.1) is 0 Å². The average molecular weight is 1370 g/mol. The van der Waals surface area contributed by atoms with Crippen LogP contribution in [0.5, 0.6) is 0 Å². The van der Waals surface area contributed by atoms with E-state index in [0.717, 1.165) is 44.9 Å². The number of carbonyl (C=O) groups excluding carboxylic acids is 1. The van der Waals surface area contributed by atoms with Gasteiger partial charge in [0.25, 0.3) is 0 Å². The minimum atomic E-state index is -1.98. The predicted molar refractivity (Wildman–Crippen MR) is 379 cm³/mol. The summed E-state index contributed by atoms with van der Waals surface area (Å²) in [6.07, 6.45) is 44.5. The summed E-state index contributed by atoms with van der Waals surface area (Å²) in [5.74, 6) is -0.284. The molecule has 0 aromatic heterocycles. The van der Waals surface area contributed by atoms with Crippen molar-refractivity contribution in [2.45, 2.75) is 420 Å². The molecule has 12 N–H and O–H groups in total. The van der Waals surface area contributed by atoms with Crippen molar-refractivity contribution >= 4 is 5.91 Å². The lowest BCUT2D eigenvalue weighted by Gasteiger charge is -2.48. The summed E-state index contributed by atoms with van der Waals surface area (Å²) in [6, 6.07) is -0.995. The Morgan fingerprint density at radius 2 is 0.667 bits per heavy atom. The zero-order chi connectivity index (χ0) is 69.6. The zero-order valence-electron chi connectivity index (χ0n) is 60.1. The molecule has 1 amide bonds. The number of ether oxygens (including phenoxy) is 6. The Bertz CT molecular complexity index is 1880. The third kappa shape index (κ3) is 38.9. The number of aliphatic hydroxyl groups is 11. The number of nitrogens with one attached hydrogen (secondary N) is 1. The number of amides is 1. The van der Waals surface area contributed by atoms with Gasteiger partial charge in [0.15, 0.2) is 18.9 Å². The van der Waals surface area contributed by atoms with E-state index >= 15 is 0 Å². The highest BCUT2D eigenvalue weighted by molar-refractivity contribution is 5.76. The molecule has 17 unspecified atom stereocenters. The van der Waals surface area contributed by atoms with E-state index in [1.807, 2.05) is 6.08 Å². The summed E-state index contributed by atoms with van der Waals surface area (Å²) in [5.41, 5.74) is 0. The standard InChI is InChI=1S/C77H143NO18/c1-3-5-7-9-11-13-15-17-19-21-22-23-24-25-26-27-28-29-30-31-32-33-34-35-36-37-38-39-41-43-45-47-49-51-53-55-65(83)78-60(61(82)54-52-50-48-46-44-42-40-20-18-16-14-12-10-8-6-4-2)59-91-75-71(89)68(86)73(63(57-80)93-75)96-77-72(90)69(87)74(64(58-81)94-77)95-76-70(88)67(85)66(84)62(56-79)92-76/h18,20,44,46,52,54,60-64,66-77,79-82,84-90H,3-17,19,21-43,45,47-51,53,55-59H2,1-2H3,(H,78,83)/b20-18+,46-44+,54-52+. The van der Waals surface area contributed by atoms with Gasteiger partial charge in [0.05, 0.1) is 38.6 Å². The van der Waals surface area contributed by atoms with Gasteiger partial charge in [-0.05, 0) is 44.9 Å². The molecule has 0 aromatic carbocycles. The van der Waals surface area contributed by atoms with Gasteiger partial charge >= 0.3 is 0 Å². The second kappa shape index (κ2) is 58.5. The molecule has 3 fully saturated rings. The van der Waals surface area contributed by atoms with Crippen molar-refractivity contribution in [1.82, 2.24) is 5.32 Å². The number of aliphatic hydroxyl groups excluding tert-OH is 11. The van der Waals surface area contributed by atoms with Gasteiger partial charge in [0, 0.05) is 6.42 Å². The molecule has 0 aromatic rings. The highest BCUT2D eigenvalue weighted by Crippen LogP contribution is 2.33. The summed E-state index contributed by atoms with van der Waals surface area (Å²) in [4.78, 5) is 13.4. The quantitative estimate of drug-likeness (QED) is 0.0199. The van der Waals surface area contributed by atoms with Crippen molar-refractivity contribution in [2.75, 3.05) is 26.4 Å². The molecule has 96 heavy (non-hydrogen) atoms. The molecule has 19 nitrogen and oxygen atoms in total. The van der Waals surface area contributed by atoms with Crippen molar-refractivity contribution in [2.24, 2.45) is 0 Å². The van der Waals surface area contributed by atoms with Crippen LogP contribution in [0.15, 0.2) is 36.5 Å². The molecule has 0 saturated carbocycles. The first-order chi connectivity index (χ1) is 46.8. The van der Waals surface area contributed by atoms with Crippen LogP contribution in [0.2, 0.25) is 0 Å². The minimum Gasteiger partial charge on any atom is -0.394 e. The highest BCUT2D eigenvalue weighted by Gasteiger charge is 2.53. The number of hydrogen-bond acceptors (Lipinski definition) is 18. The van der Waals surface area contributed by atoms with Crippen LogP contribution in [0.1, 0.15) is 316 Å². The van der Waals surface area contributed by atoms with E-state index in [1.165, 1.54) is 238 Å². The molecule has 3 saturated heterocycles. The SMILES string of the molecule is CCCCCCCC/C=C/CC/C=C/CC/C=C/C(O)C(COC1OC(CO)C(OC2OC(CO)C(OC3OC(CO)C(O)C(O)C3O)C(O)C2O)C(O)C1O)NC(=O)CCCCCCCCCCCCCCCCCCCCCCCCCCCCCCCCCCCCC. The van der Waals surface area contributed by atoms with E-state index in [1.54, 1.807) is 6.08 Å². The van der Waals surface area contributed by atoms with E-state index in [-0.39, 0.29) is 18.9 Å². The van der Waals surface area contributed by atoms with Crippen molar-refractivity contribution in [3.05, 3.63) is 36.5 Å². The van der Waals surface area contributed by atoms with Gasteiger partial charge in [-0.2, -0.15) is 0 Å². The Morgan fingerprint density at radius 1 is 0.365 bits per heavy atom. The molecule has 0 spiro atoms. The molecule has 564 valence electrons. The predicted octanol–water partition coefficient (Wildman–Crippen LogP) is 12.3. The molecule has 3 heterocycles. The Morgan fingerprint density at radius 3 is 1.04 bits per heavy atom. The fourth-order valence-corrected chi connectivity index (χ4v) is 13.3. The third-order valence-electron chi connectivity index (χ3n) is 19.7. The van der Waals surface area contributed by atoms with Crippen LogP contribution in [-0.4, -0.2) is 193 Å². The maximum absolute atomic E-state index is 13.4. The van der Waals surface area contributed by atoms with Crippen LogP contribution >= 0.6 is 0 Å². The van der Waals surface area contributed by atoms with E-state index in [9.17, 15) is 61.0 Å². The zero-order valence-corrected chi connectivity index (χ0v) is 60.1. The number of hydrogen-bond donors (Lipinski definition) is 12. The molecule has 3 rings (SSSR count). The van der Waals surface area contributed by atoms with E-state index in [2.05, 4.69) is 43.5 Å². The average Bonchev–Trinajstić information content (AvgIpc) is 0.787. The monoisotopic (exact) mass is 1370 g/mol. The van der Waals surface area contributed by atoms with Gasteiger partial charge in [-0.3, -0.25) is 4.79 Å². The summed E-state index contributed by atoms with van der Waals surface area (Å²) in [6.45, 7) is 1.73. The van der Waals surface area contributed by atoms with E-state index < -0.39 is 124 Å². The molecule has 0 aliphatic carbocycles. The Labute approximate surface area is 581 Å². The second-order valence-corrected chi connectivity index (χ2v) is 28.2. The topological polar surface area (TPSA) is 307 Å². The molecule has 0 bridgehead atoms. The lowest BCUT2D eigenvalue weighted by atomic mass is 9.96. The summed E-state index contributed by atoms with van der Waals surface area (Å²) in [7, 11) is 0. The molecule has 0 radical (unpaired) electrons. The largest absolute Gasteiger partial charge is 0.394 e. The van der Waals surface area contributed by atoms with Gasteiger partial charge in [-0.25, -0.2) is 0 Å². The van der Waals surface area contributed by atoms with Crippen LogP contribution in [-0.2, 0) is 33.2 Å². The molecular weight excluding hydrogens is 1230 g/mol. The summed E-state index contributed by atoms with van der Waals surface area (Å²) >= 11 is 0. The van der Waals surface area contributed by atoms with E-state index in [0.29, 0.717) is 12.8 Å². The van der Waals surface area contributed by atoms with Crippen molar-refractivity contribution < 1.29 is 89.4 Å². The fraction of sp³-hybridized carbons (Fsp3) is 0.909. The fourth-order valence-electron chi connectivity index (χ4n) is 13.3. The lowest BCUT2D eigenvalue weighted by molar-refractivity contribution is -0.379. The first-order valence-electron chi connectivity index (χ1n) is 39.2. The molecular formula is C77H143NO18. The van der Waals surface area contributed by atoms with E-state index in [4.69, 9.17) is 28.4 Å². The van der Waals surface area contributed by atoms with Gasteiger partial charge in [-0.1, -0.05) is 301 Å². The number of carbonyl (C=O) groups is 1. The number of rotatable bonds is 62. The second-order valence-electron chi connectivity index (χ2n) is 28.2. The van der Waals surface area contributed by atoms with Crippen LogP contribution in [0.3, 0.4) is 0 Å². The van der Waals surface area contributed by atoms with Gasteiger partial charge < -0.3 is 89.9 Å².